The summed E-state index contributed by atoms with van der Waals surface area (Å²) in [5.41, 5.74) is 2.78. The summed E-state index contributed by atoms with van der Waals surface area (Å²) < 4.78 is 0. The van der Waals surface area contributed by atoms with Gasteiger partial charge in [0.15, 0.2) is 0 Å². The van der Waals surface area contributed by atoms with Crippen LogP contribution in [0, 0.1) is 12.8 Å². The lowest BCUT2D eigenvalue weighted by Gasteiger charge is -2.32. The molecule has 2 fully saturated rings. The Labute approximate surface area is 153 Å². The van der Waals surface area contributed by atoms with Crippen molar-refractivity contribution in [2.24, 2.45) is 5.92 Å². The predicted octanol–water partition coefficient (Wildman–Crippen LogP) is 4.44. The summed E-state index contributed by atoms with van der Waals surface area (Å²) in [6.07, 6.45) is 11.0. The van der Waals surface area contributed by atoms with Gasteiger partial charge in [0.05, 0.1) is 0 Å². The maximum absolute atomic E-state index is 12.7. The summed E-state index contributed by atoms with van der Waals surface area (Å²) in [5.74, 6) is 0.541. The monoisotopic (exact) mass is 342 g/mol. The number of likely N-dealkylation sites (tertiary alicyclic amines) is 1. The molecule has 1 aliphatic heterocycles. The zero-order valence-corrected chi connectivity index (χ0v) is 15.8. The van der Waals surface area contributed by atoms with Gasteiger partial charge in [-0.25, -0.2) is 0 Å². The molecule has 3 nitrogen and oxygen atoms in total. The Morgan fingerprint density at radius 2 is 1.64 bits per heavy atom. The number of piperidine rings is 1. The van der Waals surface area contributed by atoms with Crippen LogP contribution in [0.4, 0.5) is 0 Å². The standard InChI is InChI=1S/C22H34N2O/c1-18-9-7-8-10-20(18)17-24-15-13-19(14-16-24)22(25)23-21-11-5-3-2-4-6-12-21/h7-10,19,21H,2-6,11-17H2,1H3,(H,23,25). The van der Waals surface area contributed by atoms with Crippen LogP contribution in [-0.4, -0.2) is 29.9 Å². The van der Waals surface area contributed by atoms with Crippen molar-refractivity contribution < 1.29 is 4.79 Å². The van der Waals surface area contributed by atoms with Gasteiger partial charge in [-0.05, 0) is 56.8 Å². The zero-order valence-electron chi connectivity index (χ0n) is 15.8. The third-order valence-corrected chi connectivity index (χ3v) is 6.07. The number of aryl methyl sites for hydroxylation is 1. The van der Waals surface area contributed by atoms with E-state index in [9.17, 15) is 4.79 Å². The second-order valence-electron chi connectivity index (χ2n) is 8.03. The number of hydrogen-bond acceptors (Lipinski definition) is 2. The van der Waals surface area contributed by atoms with Gasteiger partial charge >= 0.3 is 0 Å². The van der Waals surface area contributed by atoms with Crippen molar-refractivity contribution >= 4 is 5.91 Å². The molecule has 1 N–H and O–H groups in total. The third-order valence-electron chi connectivity index (χ3n) is 6.07. The van der Waals surface area contributed by atoms with E-state index in [1.807, 2.05) is 0 Å². The Bertz CT molecular complexity index is 541. The summed E-state index contributed by atoms with van der Waals surface area (Å²) in [4.78, 5) is 15.2. The third kappa shape index (κ3) is 5.57. The fourth-order valence-corrected chi connectivity index (χ4v) is 4.30. The number of benzene rings is 1. The smallest absolute Gasteiger partial charge is 0.223 e. The van der Waals surface area contributed by atoms with Gasteiger partial charge in [0.25, 0.3) is 0 Å². The predicted molar refractivity (Wildman–Crippen MR) is 103 cm³/mol. The van der Waals surface area contributed by atoms with Gasteiger partial charge in [-0.3, -0.25) is 9.69 Å². The Balaban J connectivity index is 1.43. The largest absolute Gasteiger partial charge is 0.353 e. The maximum atomic E-state index is 12.7. The van der Waals surface area contributed by atoms with E-state index in [4.69, 9.17) is 0 Å². The highest BCUT2D eigenvalue weighted by Gasteiger charge is 2.26. The Morgan fingerprint density at radius 3 is 2.32 bits per heavy atom. The van der Waals surface area contributed by atoms with E-state index >= 15 is 0 Å². The fraction of sp³-hybridized carbons (Fsp3) is 0.682. The average Bonchev–Trinajstić information content (AvgIpc) is 2.60. The van der Waals surface area contributed by atoms with E-state index < -0.39 is 0 Å². The molecule has 1 heterocycles. The molecule has 1 aromatic carbocycles. The van der Waals surface area contributed by atoms with Crippen molar-refractivity contribution in [3.05, 3.63) is 35.4 Å². The van der Waals surface area contributed by atoms with E-state index in [0.717, 1.165) is 32.5 Å². The molecule has 0 spiro atoms. The van der Waals surface area contributed by atoms with Crippen LogP contribution in [0.1, 0.15) is 68.9 Å². The summed E-state index contributed by atoms with van der Waals surface area (Å²) in [5, 5.41) is 3.37. The van der Waals surface area contributed by atoms with Crippen molar-refractivity contribution in [3.63, 3.8) is 0 Å². The molecular formula is C22H34N2O. The number of carbonyl (C=O) groups excluding carboxylic acids is 1. The molecule has 3 heteroatoms. The fourth-order valence-electron chi connectivity index (χ4n) is 4.30. The van der Waals surface area contributed by atoms with Gasteiger partial charge in [0.1, 0.15) is 0 Å². The van der Waals surface area contributed by atoms with E-state index in [-0.39, 0.29) is 5.92 Å². The lowest BCUT2D eigenvalue weighted by molar-refractivity contribution is -0.127. The second kappa shape index (κ2) is 9.38. The van der Waals surface area contributed by atoms with E-state index in [0.29, 0.717) is 11.9 Å². The molecule has 1 aliphatic carbocycles. The van der Waals surface area contributed by atoms with Gasteiger partial charge in [-0.2, -0.15) is 0 Å². The van der Waals surface area contributed by atoms with Crippen LogP contribution >= 0.6 is 0 Å². The first kappa shape index (κ1) is 18.4. The number of rotatable bonds is 4. The van der Waals surface area contributed by atoms with Crippen LogP contribution in [0.15, 0.2) is 24.3 Å². The molecule has 1 saturated heterocycles. The van der Waals surface area contributed by atoms with E-state index in [1.54, 1.807) is 0 Å². The Morgan fingerprint density at radius 1 is 1.00 bits per heavy atom. The molecule has 1 aromatic rings. The van der Waals surface area contributed by atoms with Crippen LogP contribution in [0.3, 0.4) is 0 Å². The molecule has 0 aromatic heterocycles. The number of amides is 1. The lowest BCUT2D eigenvalue weighted by Crippen LogP contribution is -2.43. The van der Waals surface area contributed by atoms with Crippen molar-refractivity contribution in [3.8, 4) is 0 Å². The molecule has 3 rings (SSSR count). The van der Waals surface area contributed by atoms with E-state index in [1.165, 1.54) is 56.1 Å². The van der Waals surface area contributed by atoms with Crippen LogP contribution in [0.2, 0.25) is 0 Å². The molecule has 1 amide bonds. The first-order valence-corrected chi connectivity index (χ1v) is 10.3. The highest BCUT2D eigenvalue weighted by molar-refractivity contribution is 5.79. The number of carbonyl (C=O) groups is 1. The summed E-state index contributed by atoms with van der Waals surface area (Å²) in [7, 11) is 0. The summed E-state index contributed by atoms with van der Waals surface area (Å²) in [6, 6.07) is 9.06. The van der Waals surface area contributed by atoms with Crippen molar-refractivity contribution in [2.75, 3.05) is 13.1 Å². The Kier molecular flexibility index (Phi) is 6.92. The molecule has 0 bridgehead atoms. The SMILES string of the molecule is Cc1ccccc1CN1CCC(C(=O)NC2CCCCCCC2)CC1. The van der Waals surface area contributed by atoms with Crippen molar-refractivity contribution in [1.82, 2.24) is 10.2 Å². The Hall–Kier alpha value is -1.35. The molecular weight excluding hydrogens is 308 g/mol. The minimum atomic E-state index is 0.221. The lowest BCUT2D eigenvalue weighted by atomic mass is 9.93. The molecule has 2 aliphatic rings. The quantitative estimate of drug-likeness (QED) is 0.877. The zero-order chi connectivity index (χ0) is 17.5. The molecule has 25 heavy (non-hydrogen) atoms. The molecule has 0 unspecified atom stereocenters. The summed E-state index contributed by atoms with van der Waals surface area (Å²) in [6.45, 7) is 5.28. The first-order valence-electron chi connectivity index (χ1n) is 10.3. The van der Waals surface area contributed by atoms with Gasteiger partial charge in [0, 0.05) is 18.5 Å². The minimum Gasteiger partial charge on any atom is -0.353 e. The van der Waals surface area contributed by atoms with Gasteiger partial charge in [-0.15, -0.1) is 0 Å². The van der Waals surface area contributed by atoms with Crippen LogP contribution < -0.4 is 5.32 Å². The maximum Gasteiger partial charge on any atom is 0.223 e. The normalized spacial score (nSPS) is 21.5. The molecule has 138 valence electrons. The van der Waals surface area contributed by atoms with Crippen LogP contribution in [-0.2, 0) is 11.3 Å². The van der Waals surface area contributed by atoms with Crippen LogP contribution in [0.25, 0.3) is 0 Å². The highest BCUT2D eigenvalue weighted by Crippen LogP contribution is 2.22. The van der Waals surface area contributed by atoms with Crippen LogP contribution in [0.5, 0.6) is 0 Å². The first-order chi connectivity index (χ1) is 12.2. The second-order valence-corrected chi connectivity index (χ2v) is 8.03. The van der Waals surface area contributed by atoms with Crippen molar-refractivity contribution in [2.45, 2.75) is 77.3 Å². The summed E-state index contributed by atoms with van der Waals surface area (Å²) >= 11 is 0. The van der Waals surface area contributed by atoms with E-state index in [2.05, 4.69) is 41.4 Å². The van der Waals surface area contributed by atoms with Gasteiger partial charge in [-0.1, -0.05) is 56.4 Å². The number of nitrogens with one attached hydrogen (secondary N) is 1. The number of hydrogen-bond donors (Lipinski definition) is 1. The highest BCUT2D eigenvalue weighted by atomic mass is 16.1. The topological polar surface area (TPSA) is 32.3 Å². The number of nitrogens with zero attached hydrogens (tertiary/aromatic N) is 1. The average molecular weight is 343 g/mol. The molecule has 0 atom stereocenters. The minimum absolute atomic E-state index is 0.221. The van der Waals surface area contributed by atoms with Gasteiger partial charge in [0.2, 0.25) is 5.91 Å². The molecule has 1 saturated carbocycles. The van der Waals surface area contributed by atoms with Gasteiger partial charge < -0.3 is 5.32 Å². The molecule has 0 radical (unpaired) electrons. The van der Waals surface area contributed by atoms with Crippen molar-refractivity contribution in [1.29, 1.82) is 0 Å².